The normalized spacial score (nSPS) is 12.8. The van der Waals surface area contributed by atoms with Crippen LogP contribution in [0.5, 0.6) is 0 Å². The predicted octanol–water partition coefficient (Wildman–Crippen LogP) is 4.58. The lowest BCUT2D eigenvalue weighted by Gasteiger charge is -2.00. The number of ketones is 2. The number of nitrogens with zero attached hydrogens (tertiary/aromatic N) is 3. The first-order valence-corrected chi connectivity index (χ1v) is 10.3. The Balaban J connectivity index is 1.36. The minimum Gasteiger partial charge on any atom is -0.417 e. The predicted molar refractivity (Wildman–Crippen MR) is 124 cm³/mol. The summed E-state index contributed by atoms with van der Waals surface area (Å²) in [6.07, 6.45) is 1.40. The van der Waals surface area contributed by atoms with Crippen LogP contribution in [0.15, 0.2) is 76.7 Å². The fourth-order valence-electron chi connectivity index (χ4n) is 3.97. The molecule has 0 bridgehead atoms. The molecule has 33 heavy (non-hydrogen) atoms. The van der Waals surface area contributed by atoms with Crippen LogP contribution >= 0.6 is 0 Å². The van der Waals surface area contributed by atoms with Gasteiger partial charge in [-0.05, 0) is 41.0 Å². The fourth-order valence-corrected chi connectivity index (χ4v) is 3.97. The standard InChI is InChI=1S/C27H15N3O3/c1-30-22(12-11-16-7-3-2-4-8-16)28-27-26(30)29-23(33-27)15-21-24(31)19-13-17-9-5-6-10-18(17)14-20(19)25(21)32/h2-10,13-15H,1H3. The number of oxazole rings is 1. The molecular formula is C27H15N3O3. The first-order valence-electron chi connectivity index (χ1n) is 10.3. The summed E-state index contributed by atoms with van der Waals surface area (Å²) in [5.74, 6) is 6.08. The molecule has 1 aliphatic carbocycles. The van der Waals surface area contributed by atoms with Gasteiger partial charge in [0.1, 0.15) is 0 Å². The number of imidazole rings is 1. The first-order chi connectivity index (χ1) is 16.1. The third-order valence-electron chi connectivity index (χ3n) is 5.68. The van der Waals surface area contributed by atoms with Crippen LogP contribution in [-0.4, -0.2) is 26.1 Å². The van der Waals surface area contributed by atoms with E-state index < -0.39 is 0 Å². The van der Waals surface area contributed by atoms with Crippen LogP contribution in [0.1, 0.15) is 38.0 Å². The summed E-state index contributed by atoms with van der Waals surface area (Å²) in [5.41, 5.74) is 2.50. The van der Waals surface area contributed by atoms with Crippen molar-refractivity contribution in [3.8, 4) is 11.8 Å². The molecule has 0 amide bonds. The first kappa shape index (κ1) is 19.0. The molecule has 5 aromatic rings. The summed E-state index contributed by atoms with van der Waals surface area (Å²) in [5, 5.41) is 1.82. The van der Waals surface area contributed by atoms with E-state index in [2.05, 4.69) is 21.8 Å². The molecule has 0 saturated carbocycles. The molecule has 2 aromatic heterocycles. The maximum Gasteiger partial charge on any atom is 0.267 e. The lowest BCUT2D eigenvalue weighted by Crippen LogP contribution is -2.00. The molecule has 0 spiro atoms. The molecule has 156 valence electrons. The Bertz CT molecular complexity index is 1650. The Labute approximate surface area is 188 Å². The quantitative estimate of drug-likeness (QED) is 0.221. The molecule has 0 N–H and O–H groups in total. The molecule has 0 saturated heterocycles. The Morgan fingerprint density at radius 2 is 1.48 bits per heavy atom. The van der Waals surface area contributed by atoms with E-state index in [4.69, 9.17) is 4.42 Å². The highest BCUT2D eigenvalue weighted by Crippen LogP contribution is 2.32. The molecule has 6 heteroatoms. The van der Waals surface area contributed by atoms with E-state index in [1.807, 2.05) is 54.6 Å². The molecule has 6 nitrogen and oxygen atoms in total. The van der Waals surface area contributed by atoms with Crippen molar-refractivity contribution in [3.63, 3.8) is 0 Å². The van der Waals surface area contributed by atoms with E-state index in [1.54, 1.807) is 23.7 Å². The van der Waals surface area contributed by atoms with Crippen LogP contribution < -0.4 is 0 Å². The number of allylic oxidation sites excluding steroid dienone is 1. The van der Waals surface area contributed by atoms with E-state index in [0.29, 0.717) is 28.3 Å². The number of carbonyl (C=O) groups is 2. The summed E-state index contributed by atoms with van der Waals surface area (Å²) in [6.45, 7) is 0. The monoisotopic (exact) mass is 429 g/mol. The molecule has 0 fully saturated rings. The fraction of sp³-hybridized carbons (Fsp3) is 0.0370. The van der Waals surface area contributed by atoms with Gasteiger partial charge in [-0.1, -0.05) is 48.4 Å². The van der Waals surface area contributed by atoms with Gasteiger partial charge in [0.2, 0.25) is 11.5 Å². The minimum atomic E-state index is -0.328. The van der Waals surface area contributed by atoms with Crippen LogP contribution in [-0.2, 0) is 7.05 Å². The molecule has 3 aromatic carbocycles. The van der Waals surface area contributed by atoms with E-state index >= 15 is 0 Å². The lowest BCUT2D eigenvalue weighted by molar-refractivity contribution is 0.0990. The molecular weight excluding hydrogens is 414 g/mol. The van der Waals surface area contributed by atoms with Crippen molar-refractivity contribution in [2.45, 2.75) is 0 Å². The van der Waals surface area contributed by atoms with Gasteiger partial charge < -0.3 is 8.98 Å². The van der Waals surface area contributed by atoms with Crippen LogP contribution in [0.25, 0.3) is 28.2 Å². The maximum absolute atomic E-state index is 13.0. The van der Waals surface area contributed by atoms with E-state index in [0.717, 1.165) is 16.3 Å². The number of aryl methyl sites for hydroxylation is 1. The Morgan fingerprint density at radius 1 is 0.848 bits per heavy atom. The van der Waals surface area contributed by atoms with E-state index in [1.165, 1.54) is 6.08 Å². The highest BCUT2D eigenvalue weighted by molar-refractivity contribution is 6.41. The number of hydrogen-bond donors (Lipinski definition) is 0. The zero-order valence-corrected chi connectivity index (χ0v) is 17.5. The second-order valence-corrected chi connectivity index (χ2v) is 7.75. The number of hydrogen-bond acceptors (Lipinski definition) is 5. The van der Waals surface area contributed by atoms with Gasteiger partial charge in [-0.25, -0.2) is 0 Å². The second kappa shape index (κ2) is 7.14. The van der Waals surface area contributed by atoms with Gasteiger partial charge in [-0.3, -0.25) is 9.59 Å². The zero-order chi connectivity index (χ0) is 22.5. The zero-order valence-electron chi connectivity index (χ0n) is 17.5. The van der Waals surface area contributed by atoms with Crippen LogP contribution in [0, 0.1) is 11.8 Å². The van der Waals surface area contributed by atoms with Crippen LogP contribution in [0.2, 0.25) is 0 Å². The maximum atomic E-state index is 13.0. The summed E-state index contributed by atoms with van der Waals surface area (Å²) in [4.78, 5) is 34.7. The summed E-state index contributed by atoms with van der Waals surface area (Å²) >= 11 is 0. The van der Waals surface area contributed by atoms with Crippen LogP contribution in [0.4, 0.5) is 0 Å². The molecule has 0 unspecified atom stereocenters. The smallest absolute Gasteiger partial charge is 0.267 e. The number of fused-ring (bicyclic) bond motifs is 3. The minimum absolute atomic E-state index is 0.0379. The summed E-state index contributed by atoms with van der Waals surface area (Å²) in [7, 11) is 1.79. The van der Waals surface area contributed by atoms with Crippen molar-refractivity contribution >= 4 is 39.8 Å². The summed E-state index contributed by atoms with van der Waals surface area (Å²) in [6, 6.07) is 20.8. The van der Waals surface area contributed by atoms with Gasteiger partial charge in [0.05, 0.1) is 5.57 Å². The molecule has 0 radical (unpaired) electrons. The second-order valence-electron chi connectivity index (χ2n) is 7.75. The lowest BCUT2D eigenvalue weighted by atomic mass is 10.0. The molecule has 0 atom stereocenters. The molecule has 2 heterocycles. The highest BCUT2D eigenvalue weighted by atomic mass is 16.4. The highest BCUT2D eigenvalue weighted by Gasteiger charge is 2.34. The number of Topliss-reactive ketones (excluding diaryl/α,β-unsaturated/α-hetero) is 2. The largest absolute Gasteiger partial charge is 0.417 e. The van der Waals surface area contributed by atoms with Gasteiger partial charge >= 0.3 is 0 Å². The molecule has 0 aliphatic heterocycles. The van der Waals surface area contributed by atoms with Gasteiger partial charge in [0, 0.05) is 29.8 Å². The van der Waals surface area contributed by atoms with Crippen molar-refractivity contribution in [2.75, 3.05) is 0 Å². The van der Waals surface area contributed by atoms with Gasteiger partial charge in [-0.15, -0.1) is 0 Å². The Morgan fingerprint density at radius 3 is 2.12 bits per heavy atom. The van der Waals surface area contributed by atoms with Crippen molar-refractivity contribution in [1.29, 1.82) is 0 Å². The number of carbonyl (C=O) groups excluding carboxylic acids is 2. The Kier molecular flexibility index (Phi) is 4.11. The molecule has 6 rings (SSSR count). The average molecular weight is 429 g/mol. The molecule has 1 aliphatic rings. The number of benzene rings is 3. The third-order valence-corrected chi connectivity index (χ3v) is 5.68. The van der Waals surface area contributed by atoms with Gasteiger partial charge in [0.25, 0.3) is 5.71 Å². The van der Waals surface area contributed by atoms with Crippen molar-refractivity contribution in [3.05, 3.63) is 101 Å². The van der Waals surface area contributed by atoms with Gasteiger partial charge in [-0.2, -0.15) is 9.97 Å². The topological polar surface area (TPSA) is 78.0 Å². The number of aromatic nitrogens is 3. The Hall–Kier alpha value is -4.76. The SMILES string of the molecule is Cn1c(C#Cc2ccccc2)nc2oc(C=C3C(=O)c4cc5ccccc5cc4C3=O)nc21. The van der Waals surface area contributed by atoms with Crippen molar-refractivity contribution in [1.82, 2.24) is 14.5 Å². The number of rotatable bonds is 1. The van der Waals surface area contributed by atoms with E-state index in [-0.39, 0.29) is 23.0 Å². The average Bonchev–Trinajstić information content (AvgIpc) is 3.44. The van der Waals surface area contributed by atoms with Crippen LogP contribution in [0.3, 0.4) is 0 Å². The third kappa shape index (κ3) is 3.07. The summed E-state index contributed by atoms with van der Waals surface area (Å²) < 4.78 is 7.44. The van der Waals surface area contributed by atoms with Crippen molar-refractivity contribution < 1.29 is 14.0 Å². The van der Waals surface area contributed by atoms with Gasteiger partial charge in [0.15, 0.2) is 17.4 Å². The van der Waals surface area contributed by atoms with Crippen molar-refractivity contribution in [2.24, 2.45) is 7.05 Å². The van der Waals surface area contributed by atoms with E-state index in [9.17, 15) is 9.59 Å².